The van der Waals surface area contributed by atoms with Crippen molar-refractivity contribution < 1.29 is 0 Å². The molecule has 2 unspecified atom stereocenters. The van der Waals surface area contributed by atoms with E-state index in [2.05, 4.69) is 42.4 Å². The van der Waals surface area contributed by atoms with Crippen molar-refractivity contribution in [1.29, 1.82) is 0 Å². The maximum atomic E-state index is 3.75. The first-order chi connectivity index (χ1) is 7.83. The van der Waals surface area contributed by atoms with Crippen LogP contribution in [-0.4, -0.2) is 18.1 Å². The minimum atomic E-state index is 0.598. The van der Waals surface area contributed by atoms with Gasteiger partial charge in [0.05, 0.1) is 0 Å². The molecule has 1 aliphatic heterocycles. The highest BCUT2D eigenvalue weighted by atomic mass is 32.2. The Labute approximate surface area is 107 Å². The van der Waals surface area contributed by atoms with E-state index in [-0.39, 0.29) is 0 Å². The lowest BCUT2D eigenvalue weighted by molar-refractivity contribution is 0.393. The summed E-state index contributed by atoms with van der Waals surface area (Å²) in [5.41, 5.74) is 1.55. The summed E-state index contributed by atoms with van der Waals surface area (Å²) in [5, 5.41) is 5.98. The molecule has 1 aromatic rings. The Bertz CT molecular complexity index is 315. The Morgan fingerprint density at radius 3 is 3.00 bits per heavy atom. The predicted octanol–water partition coefficient (Wildman–Crippen LogP) is 3.85. The summed E-state index contributed by atoms with van der Waals surface area (Å²) in [6.45, 7) is 5.64. The van der Waals surface area contributed by atoms with Crippen molar-refractivity contribution in [2.45, 2.75) is 32.7 Å². The van der Waals surface area contributed by atoms with Crippen molar-refractivity contribution in [2.24, 2.45) is 5.92 Å². The maximum Gasteiger partial charge on any atom is 0.0367 e. The molecule has 0 spiro atoms. The van der Waals surface area contributed by atoms with Gasteiger partial charge in [-0.25, -0.2) is 0 Å². The van der Waals surface area contributed by atoms with Gasteiger partial charge in [-0.05, 0) is 60.7 Å². The molecule has 0 amide bonds. The smallest absolute Gasteiger partial charge is 0.0367 e. The Kier molecular flexibility index (Phi) is 4.74. The molecule has 1 saturated heterocycles. The normalized spacial score (nSPS) is 22.5. The first kappa shape index (κ1) is 12.5. The average molecular weight is 255 g/mol. The summed E-state index contributed by atoms with van der Waals surface area (Å²) < 4.78 is 0. The second-order valence-corrected chi connectivity index (χ2v) is 6.76. The second-order valence-electron chi connectivity index (χ2n) is 4.49. The lowest BCUT2D eigenvalue weighted by atomic mass is 9.93. The molecule has 1 aliphatic rings. The van der Waals surface area contributed by atoms with Gasteiger partial charge in [0.2, 0.25) is 0 Å². The number of thioether (sulfide) groups is 1. The van der Waals surface area contributed by atoms with Gasteiger partial charge < -0.3 is 5.32 Å². The first-order valence-corrected chi connectivity index (χ1v) is 8.21. The fraction of sp³-hybridized carbons (Fsp3) is 0.692. The summed E-state index contributed by atoms with van der Waals surface area (Å²) in [4.78, 5) is 1.49. The molecule has 1 nitrogen and oxygen atoms in total. The molecule has 1 fully saturated rings. The quantitative estimate of drug-likeness (QED) is 0.857. The van der Waals surface area contributed by atoms with E-state index in [1.165, 1.54) is 29.2 Å². The van der Waals surface area contributed by atoms with Crippen LogP contribution in [0.2, 0.25) is 0 Å². The lowest BCUT2D eigenvalue weighted by Crippen LogP contribution is -2.29. The third kappa shape index (κ3) is 2.82. The largest absolute Gasteiger partial charge is 0.310 e. The molecule has 0 saturated carbocycles. The number of nitrogens with one attached hydrogen (secondary N) is 1. The summed E-state index contributed by atoms with van der Waals surface area (Å²) in [6, 6.07) is 2.91. The van der Waals surface area contributed by atoms with Crippen molar-refractivity contribution in [2.75, 3.05) is 18.1 Å². The van der Waals surface area contributed by atoms with E-state index in [0.29, 0.717) is 6.04 Å². The molecule has 2 heterocycles. The van der Waals surface area contributed by atoms with Crippen molar-refractivity contribution in [3.8, 4) is 0 Å². The monoisotopic (exact) mass is 255 g/mol. The SMILES string of the molecule is CCCNC(c1ccsc1C)C1CCSC1. The highest BCUT2D eigenvalue weighted by molar-refractivity contribution is 7.99. The summed E-state index contributed by atoms with van der Waals surface area (Å²) in [5.74, 6) is 3.51. The highest BCUT2D eigenvalue weighted by Crippen LogP contribution is 2.36. The van der Waals surface area contributed by atoms with Gasteiger partial charge in [0, 0.05) is 10.9 Å². The van der Waals surface area contributed by atoms with E-state index in [1.54, 1.807) is 5.56 Å². The molecular weight excluding hydrogens is 234 g/mol. The standard InChI is InChI=1S/C13H21NS2/c1-3-6-14-13(11-4-7-15-9-11)12-5-8-16-10(12)2/h5,8,11,13-14H,3-4,6-7,9H2,1-2H3. The molecule has 16 heavy (non-hydrogen) atoms. The lowest BCUT2D eigenvalue weighted by Gasteiger charge is -2.24. The number of rotatable bonds is 5. The van der Waals surface area contributed by atoms with E-state index in [4.69, 9.17) is 0 Å². The minimum Gasteiger partial charge on any atom is -0.310 e. The van der Waals surface area contributed by atoms with Crippen LogP contribution in [0.15, 0.2) is 11.4 Å². The van der Waals surface area contributed by atoms with Crippen LogP contribution in [0.3, 0.4) is 0 Å². The van der Waals surface area contributed by atoms with Crippen LogP contribution in [0.1, 0.15) is 36.2 Å². The van der Waals surface area contributed by atoms with Crippen LogP contribution in [0.4, 0.5) is 0 Å². The van der Waals surface area contributed by atoms with Crippen molar-refractivity contribution in [3.63, 3.8) is 0 Å². The summed E-state index contributed by atoms with van der Waals surface area (Å²) in [7, 11) is 0. The topological polar surface area (TPSA) is 12.0 Å². The molecule has 2 atom stereocenters. The van der Waals surface area contributed by atoms with Crippen molar-refractivity contribution >= 4 is 23.1 Å². The van der Waals surface area contributed by atoms with Crippen LogP contribution in [0, 0.1) is 12.8 Å². The Balaban J connectivity index is 2.10. The van der Waals surface area contributed by atoms with Crippen molar-refractivity contribution in [1.82, 2.24) is 5.32 Å². The zero-order chi connectivity index (χ0) is 11.4. The van der Waals surface area contributed by atoms with Gasteiger partial charge in [0.25, 0.3) is 0 Å². The molecule has 3 heteroatoms. The number of aryl methyl sites for hydroxylation is 1. The van der Waals surface area contributed by atoms with E-state index in [0.717, 1.165) is 12.5 Å². The zero-order valence-corrected chi connectivity index (χ0v) is 11.8. The number of thiophene rings is 1. The maximum absolute atomic E-state index is 3.75. The molecule has 2 rings (SSSR count). The molecular formula is C13H21NS2. The zero-order valence-electron chi connectivity index (χ0n) is 10.2. The van der Waals surface area contributed by atoms with E-state index in [9.17, 15) is 0 Å². The molecule has 0 bridgehead atoms. The molecule has 1 N–H and O–H groups in total. The van der Waals surface area contributed by atoms with E-state index in [1.807, 2.05) is 11.3 Å². The van der Waals surface area contributed by atoms with Crippen molar-refractivity contribution in [3.05, 3.63) is 21.9 Å². The molecule has 0 radical (unpaired) electrons. The fourth-order valence-electron chi connectivity index (χ4n) is 2.36. The van der Waals surface area contributed by atoms with Crippen LogP contribution in [0.5, 0.6) is 0 Å². The van der Waals surface area contributed by atoms with Gasteiger partial charge in [-0.15, -0.1) is 11.3 Å². The number of hydrogen-bond donors (Lipinski definition) is 1. The first-order valence-electron chi connectivity index (χ1n) is 6.18. The van der Waals surface area contributed by atoms with Crippen LogP contribution in [0.25, 0.3) is 0 Å². The van der Waals surface area contributed by atoms with Gasteiger partial charge in [-0.3, -0.25) is 0 Å². The van der Waals surface area contributed by atoms with Crippen LogP contribution >= 0.6 is 23.1 Å². The Morgan fingerprint density at radius 2 is 2.44 bits per heavy atom. The average Bonchev–Trinajstić information content (AvgIpc) is 2.91. The van der Waals surface area contributed by atoms with Gasteiger partial charge in [0.1, 0.15) is 0 Å². The van der Waals surface area contributed by atoms with Gasteiger partial charge in [-0.2, -0.15) is 11.8 Å². The molecule has 0 aromatic carbocycles. The van der Waals surface area contributed by atoms with E-state index >= 15 is 0 Å². The van der Waals surface area contributed by atoms with Crippen LogP contribution in [-0.2, 0) is 0 Å². The second kappa shape index (κ2) is 6.08. The van der Waals surface area contributed by atoms with E-state index < -0.39 is 0 Å². The fourth-order valence-corrected chi connectivity index (χ4v) is 4.41. The Hall–Kier alpha value is 0.01000. The van der Waals surface area contributed by atoms with Gasteiger partial charge in [0.15, 0.2) is 0 Å². The third-order valence-corrected chi connectivity index (χ3v) is 5.33. The van der Waals surface area contributed by atoms with Gasteiger partial charge in [-0.1, -0.05) is 6.92 Å². The summed E-state index contributed by atoms with van der Waals surface area (Å²) >= 11 is 3.99. The summed E-state index contributed by atoms with van der Waals surface area (Å²) in [6.07, 6.45) is 2.60. The van der Waals surface area contributed by atoms with Crippen LogP contribution < -0.4 is 5.32 Å². The molecule has 0 aliphatic carbocycles. The van der Waals surface area contributed by atoms with Gasteiger partial charge >= 0.3 is 0 Å². The number of hydrogen-bond acceptors (Lipinski definition) is 3. The molecule has 1 aromatic heterocycles. The molecule has 90 valence electrons. The minimum absolute atomic E-state index is 0.598. The highest BCUT2D eigenvalue weighted by Gasteiger charge is 2.27. The third-order valence-electron chi connectivity index (χ3n) is 3.28. The predicted molar refractivity (Wildman–Crippen MR) is 75.5 cm³/mol. The Morgan fingerprint density at radius 1 is 1.56 bits per heavy atom.